The number of nitrogens with zero attached hydrogens (tertiary/aromatic N) is 2. The van der Waals surface area contributed by atoms with Crippen molar-refractivity contribution in [2.75, 3.05) is 25.2 Å². The van der Waals surface area contributed by atoms with Crippen molar-refractivity contribution < 1.29 is 13.9 Å². The summed E-state index contributed by atoms with van der Waals surface area (Å²) in [6.07, 6.45) is 0. The van der Waals surface area contributed by atoms with E-state index >= 15 is 0 Å². The van der Waals surface area contributed by atoms with E-state index in [4.69, 9.17) is 5.73 Å². The van der Waals surface area contributed by atoms with E-state index in [1.54, 1.807) is 19.2 Å². The van der Waals surface area contributed by atoms with Crippen LogP contribution in [0.15, 0.2) is 24.3 Å². The minimum Gasteiger partial charge on any atom is -0.465 e. The molecule has 0 bridgehead atoms. The number of nitrogens with one attached hydrogen (secondary N) is 1. The molecule has 0 aliphatic heterocycles. The van der Waals surface area contributed by atoms with Gasteiger partial charge < -0.3 is 15.8 Å². The van der Waals surface area contributed by atoms with Gasteiger partial charge in [0, 0.05) is 7.05 Å². The largest absolute Gasteiger partial charge is 0.465 e. The molecule has 0 saturated carbocycles. The number of esters is 1. The summed E-state index contributed by atoms with van der Waals surface area (Å²) in [5, 5.41) is 7.00. The number of carbonyl (C=O) groups excluding carboxylic acids is 1. The second-order valence-corrected chi connectivity index (χ2v) is 4.13. The van der Waals surface area contributed by atoms with Gasteiger partial charge in [-0.2, -0.15) is 5.10 Å². The molecule has 0 unspecified atom stereocenters. The Labute approximate surface area is 115 Å². The van der Waals surface area contributed by atoms with Gasteiger partial charge in [-0.15, -0.1) is 0 Å². The van der Waals surface area contributed by atoms with Gasteiger partial charge in [0.2, 0.25) is 0 Å². The number of benzene rings is 1. The molecule has 6 nitrogen and oxygen atoms in total. The fourth-order valence-corrected chi connectivity index (χ4v) is 1.84. The number of hydrogen-bond acceptors (Lipinski definition) is 5. The molecule has 2 rings (SSSR count). The van der Waals surface area contributed by atoms with Crippen LogP contribution in [0.4, 0.5) is 16.0 Å². The van der Waals surface area contributed by atoms with Gasteiger partial charge >= 0.3 is 5.97 Å². The molecule has 7 heteroatoms. The Hall–Kier alpha value is -2.57. The van der Waals surface area contributed by atoms with Crippen LogP contribution < -0.4 is 11.1 Å². The Morgan fingerprint density at radius 2 is 2.10 bits per heavy atom. The summed E-state index contributed by atoms with van der Waals surface area (Å²) < 4.78 is 19.0. The quantitative estimate of drug-likeness (QED) is 0.828. The molecule has 1 aromatic heterocycles. The highest BCUT2D eigenvalue weighted by Crippen LogP contribution is 2.23. The van der Waals surface area contributed by atoms with Crippen molar-refractivity contribution in [1.82, 2.24) is 9.78 Å². The van der Waals surface area contributed by atoms with E-state index < -0.39 is 5.97 Å². The standard InChI is InChI=1S/C13H15FN4O2/c1-16-12-10(13(19)20-2)11(15)18(17-12)7-8-3-5-9(14)6-4-8/h3-6H,7,15H2,1-2H3,(H,16,17). The van der Waals surface area contributed by atoms with Crippen molar-refractivity contribution in [3.05, 3.63) is 41.2 Å². The maximum Gasteiger partial charge on any atom is 0.345 e. The molecule has 0 aliphatic carbocycles. The van der Waals surface area contributed by atoms with Crippen LogP contribution in [0.2, 0.25) is 0 Å². The van der Waals surface area contributed by atoms with Gasteiger partial charge in [-0.1, -0.05) is 12.1 Å². The van der Waals surface area contributed by atoms with E-state index in [0.717, 1.165) is 5.56 Å². The fourth-order valence-electron chi connectivity index (χ4n) is 1.84. The number of nitrogens with two attached hydrogens (primary N) is 1. The fraction of sp³-hybridized carbons (Fsp3) is 0.231. The van der Waals surface area contributed by atoms with E-state index in [1.165, 1.54) is 23.9 Å². The van der Waals surface area contributed by atoms with Crippen LogP contribution >= 0.6 is 0 Å². The molecule has 0 spiro atoms. The van der Waals surface area contributed by atoms with Crippen molar-refractivity contribution in [3.8, 4) is 0 Å². The monoisotopic (exact) mass is 278 g/mol. The predicted molar refractivity (Wildman–Crippen MR) is 73.0 cm³/mol. The molecule has 1 heterocycles. The normalized spacial score (nSPS) is 10.3. The molecule has 20 heavy (non-hydrogen) atoms. The highest BCUT2D eigenvalue weighted by Gasteiger charge is 2.22. The average Bonchev–Trinajstić information content (AvgIpc) is 2.77. The number of rotatable bonds is 4. The Balaban J connectivity index is 2.35. The molecular weight excluding hydrogens is 263 g/mol. The zero-order valence-electron chi connectivity index (χ0n) is 11.2. The molecule has 0 aliphatic rings. The summed E-state index contributed by atoms with van der Waals surface area (Å²) in [5.74, 6) is -0.326. The first-order chi connectivity index (χ1) is 9.56. The molecule has 0 amide bonds. The first-order valence-electron chi connectivity index (χ1n) is 5.93. The maximum atomic E-state index is 12.9. The molecule has 1 aromatic carbocycles. The lowest BCUT2D eigenvalue weighted by molar-refractivity contribution is 0.0603. The molecule has 0 atom stereocenters. The maximum absolute atomic E-state index is 12.9. The number of hydrogen-bond donors (Lipinski definition) is 2. The highest BCUT2D eigenvalue weighted by atomic mass is 19.1. The molecule has 0 fully saturated rings. The van der Waals surface area contributed by atoms with Gasteiger partial charge in [0.25, 0.3) is 0 Å². The Morgan fingerprint density at radius 1 is 1.45 bits per heavy atom. The Kier molecular flexibility index (Phi) is 3.88. The number of halogens is 1. The molecule has 0 radical (unpaired) electrons. The van der Waals surface area contributed by atoms with E-state index in [-0.39, 0.29) is 17.2 Å². The number of aromatic nitrogens is 2. The van der Waals surface area contributed by atoms with E-state index in [1.807, 2.05) is 0 Å². The van der Waals surface area contributed by atoms with Crippen molar-refractivity contribution >= 4 is 17.6 Å². The number of anilines is 2. The third-order valence-electron chi connectivity index (χ3n) is 2.86. The molecule has 2 aromatic rings. The van der Waals surface area contributed by atoms with Gasteiger partial charge in [-0.3, -0.25) is 0 Å². The smallest absolute Gasteiger partial charge is 0.345 e. The third-order valence-corrected chi connectivity index (χ3v) is 2.86. The van der Waals surface area contributed by atoms with Crippen LogP contribution in [0.1, 0.15) is 15.9 Å². The van der Waals surface area contributed by atoms with Crippen LogP contribution in [-0.2, 0) is 11.3 Å². The highest BCUT2D eigenvalue weighted by molar-refractivity contribution is 5.99. The van der Waals surface area contributed by atoms with Crippen molar-refractivity contribution in [2.24, 2.45) is 0 Å². The molecule has 0 saturated heterocycles. The second kappa shape index (κ2) is 5.60. The summed E-state index contributed by atoms with van der Waals surface area (Å²) in [7, 11) is 2.91. The van der Waals surface area contributed by atoms with Gasteiger partial charge in [-0.05, 0) is 17.7 Å². The van der Waals surface area contributed by atoms with Crippen LogP contribution in [0.5, 0.6) is 0 Å². The summed E-state index contributed by atoms with van der Waals surface area (Å²) in [4.78, 5) is 11.7. The Morgan fingerprint density at radius 3 is 2.65 bits per heavy atom. The van der Waals surface area contributed by atoms with E-state index in [0.29, 0.717) is 12.4 Å². The third kappa shape index (κ3) is 2.56. The number of nitrogen functional groups attached to an aromatic ring is 1. The summed E-state index contributed by atoms with van der Waals surface area (Å²) in [6.45, 7) is 0.331. The van der Waals surface area contributed by atoms with Crippen LogP contribution in [-0.4, -0.2) is 29.9 Å². The number of carbonyl (C=O) groups is 1. The molecule has 3 N–H and O–H groups in total. The second-order valence-electron chi connectivity index (χ2n) is 4.13. The van der Waals surface area contributed by atoms with Crippen LogP contribution in [0.3, 0.4) is 0 Å². The van der Waals surface area contributed by atoms with Crippen molar-refractivity contribution in [2.45, 2.75) is 6.54 Å². The number of methoxy groups -OCH3 is 1. The summed E-state index contributed by atoms with van der Waals surface area (Å²) >= 11 is 0. The first-order valence-corrected chi connectivity index (χ1v) is 5.93. The first kappa shape index (κ1) is 13.9. The molecule has 106 valence electrons. The van der Waals surface area contributed by atoms with Gasteiger partial charge in [0.1, 0.15) is 17.2 Å². The minimum atomic E-state index is -0.558. The lowest BCUT2D eigenvalue weighted by Gasteiger charge is -2.04. The summed E-state index contributed by atoms with van der Waals surface area (Å²) in [5.41, 5.74) is 6.93. The topological polar surface area (TPSA) is 82.2 Å². The average molecular weight is 278 g/mol. The van der Waals surface area contributed by atoms with Crippen molar-refractivity contribution in [1.29, 1.82) is 0 Å². The lowest BCUT2D eigenvalue weighted by Crippen LogP contribution is -2.09. The van der Waals surface area contributed by atoms with Gasteiger partial charge in [0.05, 0.1) is 13.7 Å². The number of ether oxygens (including phenoxy) is 1. The summed E-state index contributed by atoms with van der Waals surface area (Å²) in [6, 6.07) is 5.98. The minimum absolute atomic E-state index is 0.192. The van der Waals surface area contributed by atoms with Gasteiger partial charge in [0.15, 0.2) is 5.82 Å². The lowest BCUT2D eigenvalue weighted by atomic mass is 10.2. The van der Waals surface area contributed by atoms with Crippen LogP contribution in [0, 0.1) is 5.82 Å². The Bertz CT molecular complexity index is 622. The van der Waals surface area contributed by atoms with E-state index in [2.05, 4.69) is 15.2 Å². The van der Waals surface area contributed by atoms with Crippen LogP contribution in [0.25, 0.3) is 0 Å². The SMILES string of the molecule is CNc1nn(Cc2ccc(F)cc2)c(N)c1C(=O)OC. The van der Waals surface area contributed by atoms with E-state index in [9.17, 15) is 9.18 Å². The zero-order valence-corrected chi connectivity index (χ0v) is 11.2. The zero-order chi connectivity index (χ0) is 14.7. The predicted octanol–water partition coefficient (Wildman–Crippen LogP) is 1.48. The van der Waals surface area contributed by atoms with Gasteiger partial charge in [-0.25, -0.2) is 13.9 Å². The molecular formula is C13H15FN4O2. The van der Waals surface area contributed by atoms with Crippen molar-refractivity contribution in [3.63, 3.8) is 0 Å².